The molecule has 0 bridgehead atoms. The monoisotopic (exact) mass is 414 g/mol. The van der Waals surface area contributed by atoms with E-state index in [1.165, 1.54) is 11.3 Å². The number of benzene rings is 3. The maximum absolute atomic E-state index is 13.4. The molecule has 4 aromatic rings. The Bertz CT molecular complexity index is 1240. The van der Waals surface area contributed by atoms with Gasteiger partial charge in [-0.25, -0.2) is 4.98 Å². The minimum atomic E-state index is -0.985. The topological polar surface area (TPSA) is 53.8 Å². The second-order valence-electron chi connectivity index (χ2n) is 7.21. The molecule has 0 N–H and O–H groups in total. The highest BCUT2D eigenvalue weighted by Gasteiger charge is 2.72. The lowest BCUT2D eigenvalue weighted by Crippen LogP contribution is -2.13. The second kappa shape index (κ2) is 6.81. The number of hydrogen-bond donors (Lipinski definition) is 0. The lowest BCUT2D eigenvalue weighted by atomic mass is 9.99. The molecule has 0 saturated heterocycles. The number of para-hydroxylation sites is 1. The van der Waals surface area contributed by atoms with E-state index < -0.39 is 11.3 Å². The van der Waals surface area contributed by atoms with Gasteiger partial charge in [0.05, 0.1) is 22.2 Å². The maximum Gasteiger partial charge on any atom is 0.168 e. The van der Waals surface area contributed by atoms with Crippen LogP contribution in [0.25, 0.3) is 10.2 Å². The number of carbonyl (C=O) groups excluding carboxylic acids is 1. The Morgan fingerprint density at radius 1 is 1.03 bits per heavy atom. The minimum Gasteiger partial charge on any atom is -0.294 e. The number of nitrogens with zero attached hydrogens (tertiary/aromatic N) is 2. The van der Waals surface area contributed by atoms with Crippen molar-refractivity contribution in [2.24, 2.45) is 5.92 Å². The summed E-state index contributed by atoms with van der Waals surface area (Å²) in [6.45, 7) is 0. The van der Waals surface area contributed by atoms with E-state index >= 15 is 0 Å². The highest BCUT2D eigenvalue weighted by Crippen LogP contribution is 2.67. The molecule has 1 fully saturated rings. The predicted molar refractivity (Wildman–Crippen MR) is 115 cm³/mol. The molecule has 140 valence electrons. The summed E-state index contributed by atoms with van der Waals surface area (Å²) in [4.78, 5) is 18.2. The first-order valence-electron chi connectivity index (χ1n) is 9.27. The third-order valence-corrected chi connectivity index (χ3v) is 7.01. The number of hydrogen-bond acceptors (Lipinski definition) is 4. The largest absolute Gasteiger partial charge is 0.294 e. The van der Waals surface area contributed by atoms with Gasteiger partial charge in [-0.15, -0.1) is 11.3 Å². The zero-order valence-electron chi connectivity index (χ0n) is 15.2. The van der Waals surface area contributed by atoms with E-state index in [2.05, 4.69) is 6.07 Å². The summed E-state index contributed by atoms with van der Waals surface area (Å²) in [6, 6.07) is 26.9. The van der Waals surface area contributed by atoms with Gasteiger partial charge >= 0.3 is 0 Å². The van der Waals surface area contributed by atoms with Gasteiger partial charge in [0.1, 0.15) is 10.4 Å². The van der Waals surface area contributed by atoms with Gasteiger partial charge in [-0.2, -0.15) is 5.26 Å². The van der Waals surface area contributed by atoms with Crippen LogP contribution in [0.2, 0.25) is 5.02 Å². The van der Waals surface area contributed by atoms with E-state index in [9.17, 15) is 10.1 Å². The van der Waals surface area contributed by atoms with Crippen molar-refractivity contribution in [3.63, 3.8) is 0 Å². The molecule has 1 aliphatic rings. The molecule has 0 aliphatic heterocycles. The highest BCUT2D eigenvalue weighted by atomic mass is 35.5. The maximum atomic E-state index is 13.4. The Kier molecular flexibility index (Phi) is 4.24. The molecule has 1 aromatic heterocycles. The standard InChI is InChI=1S/C24H15ClN2OS/c25-17-10-6-9-16(13-17)20-21(22(28)15-7-2-1-3-8-15)24(20,14-26)23-27-18-11-4-5-12-19(18)29-23/h1-13,20-21H/t20-,21+,24+/m1/s1. The van der Waals surface area contributed by atoms with E-state index in [-0.39, 0.29) is 11.7 Å². The zero-order chi connectivity index (χ0) is 20.0. The molecule has 5 rings (SSSR count). The average molecular weight is 415 g/mol. The molecule has 29 heavy (non-hydrogen) atoms. The number of fused-ring (bicyclic) bond motifs is 1. The molecule has 3 aromatic carbocycles. The van der Waals surface area contributed by atoms with Gasteiger partial charge in [-0.1, -0.05) is 66.2 Å². The molecule has 3 atom stereocenters. The number of thiazole rings is 1. The number of nitriles is 1. The van der Waals surface area contributed by atoms with Gasteiger partial charge in [-0.05, 0) is 29.8 Å². The minimum absolute atomic E-state index is 0.0311. The van der Waals surface area contributed by atoms with Gasteiger partial charge in [0.2, 0.25) is 0 Å². The Morgan fingerprint density at radius 3 is 2.52 bits per heavy atom. The van der Waals surface area contributed by atoms with Crippen LogP contribution < -0.4 is 0 Å². The molecule has 0 unspecified atom stereocenters. The number of carbonyl (C=O) groups is 1. The highest BCUT2D eigenvalue weighted by molar-refractivity contribution is 7.18. The SMILES string of the molecule is N#C[C@@]1(c2nc3ccccc3s2)[C@H](C(=O)c2ccccc2)[C@H]1c1cccc(Cl)c1. The van der Waals surface area contributed by atoms with Crippen molar-refractivity contribution < 1.29 is 4.79 Å². The Hall–Kier alpha value is -3.00. The van der Waals surface area contributed by atoms with Crippen LogP contribution >= 0.6 is 22.9 Å². The van der Waals surface area contributed by atoms with E-state index in [1.807, 2.05) is 60.7 Å². The fourth-order valence-corrected chi connectivity index (χ4v) is 5.57. The van der Waals surface area contributed by atoms with Crippen molar-refractivity contribution in [1.82, 2.24) is 4.98 Å². The van der Waals surface area contributed by atoms with Crippen molar-refractivity contribution in [2.45, 2.75) is 11.3 Å². The van der Waals surface area contributed by atoms with Gasteiger partial charge in [0.15, 0.2) is 5.78 Å². The lowest BCUT2D eigenvalue weighted by molar-refractivity contribution is 0.0959. The third-order valence-electron chi connectivity index (χ3n) is 5.59. The molecule has 1 saturated carbocycles. The predicted octanol–water partition coefficient (Wildman–Crippen LogP) is 6.01. The first kappa shape index (κ1) is 18.1. The fraction of sp³-hybridized carbons (Fsp3) is 0.125. The Balaban J connectivity index is 1.68. The zero-order valence-corrected chi connectivity index (χ0v) is 16.8. The van der Waals surface area contributed by atoms with Crippen LogP contribution in [-0.4, -0.2) is 10.8 Å². The van der Waals surface area contributed by atoms with Crippen LogP contribution in [0.5, 0.6) is 0 Å². The second-order valence-corrected chi connectivity index (χ2v) is 8.68. The van der Waals surface area contributed by atoms with Gasteiger partial charge in [0, 0.05) is 16.5 Å². The summed E-state index contributed by atoms with van der Waals surface area (Å²) in [6.07, 6.45) is 0. The number of rotatable bonds is 4. The van der Waals surface area contributed by atoms with E-state index in [1.54, 1.807) is 18.2 Å². The Labute approximate surface area is 177 Å². The van der Waals surface area contributed by atoms with Crippen molar-refractivity contribution in [2.75, 3.05) is 0 Å². The molecule has 0 spiro atoms. The molecular weight excluding hydrogens is 400 g/mol. The summed E-state index contributed by atoms with van der Waals surface area (Å²) in [7, 11) is 0. The molecule has 1 heterocycles. The normalized spacial score (nSPS) is 22.9. The van der Waals surface area contributed by atoms with Crippen molar-refractivity contribution in [1.29, 1.82) is 5.26 Å². The summed E-state index contributed by atoms with van der Waals surface area (Å²) in [5.74, 6) is -0.801. The smallest absolute Gasteiger partial charge is 0.168 e. The molecular formula is C24H15ClN2OS. The number of ketones is 1. The van der Waals surface area contributed by atoms with Crippen molar-refractivity contribution in [3.05, 3.63) is 100 Å². The van der Waals surface area contributed by atoms with Crippen LogP contribution in [0.3, 0.4) is 0 Å². The molecule has 1 aliphatic carbocycles. The summed E-state index contributed by atoms with van der Waals surface area (Å²) < 4.78 is 1.01. The van der Waals surface area contributed by atoms with Gasteiger partial charge in [0.25, 0.3) is 0 Å². The molecule has 0 amide bonds. The number of aromatic nitrogens is 1. The van der Waals surface area contributed by atoms with Crippen LogP contribution in [0.15, 0.2) is 78.9 Å². The van der Waals surface area contributed by atoms with E-state index in [4.69, 9.17) is 16.6 Å². The molecule has 5 heteroatoms. The summed E-state index contributed by atoms with van der Waals surface area (Å²) >= 11 is 7.72. The summed E-state index contributed by atoms with van der Waals surface area (Å²) in [5, 5.41) is 11.6. The Morgan fingerprint density at radius 2 is 1.79 bits per heavy atom. The van der Waals surface area contributed by atoms with Crippen LogP contribution in [-0.2, 0) is 5.41 Å². The molecule has 3 nitrogen and oxygen atoms in total. The third kappa shape index (κ3) is 2.78. The van der Waals surface area contributed by atoms with Gasteiger partial charge in [-0.3, -0.25) is 4.79 Å². The van der Waals surface area contributed by atoms with Crippen LogP contribution in [0.1, 0.15) is 26.8 Å². The van der Waals surface area contributed by atoms with Crippen molar-refractivity contribution >= 4 is 38.9 Å². The van der Waals surface area contributed by atoms with Crippen molar-refractivity contribution in [3.8, 4) is 6.07 Å². The number of Topliss-reactive ketones (excluding diaryl/α,β-unsaturated/α-hetero) is 1. The van der Waals surface area contributed by atoms with E-state index in [0.29, 0.717) is 15.6 Å². The first-order valence-corrected chi connectivity index (χ1v) is 10.5. The van der Waals surface area contributed by atoms with Gasteiger partial charge < -0.3 is 0 Å². The fourth-order valence-electron chi connectivity index (χ4n) is 4.19. The quantitative estimate of drug-likeness (QED) is 0.384. The summed E-state index contributed by atoms with van der Waals surface area (Å²) in [5.41, 5.74) is 1.38. The first-order chi connectivity index (χ1) is 14.1. The lowest BCUT2D eigenvalue weighted by Gasteiger charge is -2.05. The van der Waals surface area contributed by atoms with Crippen LogP contribution in [0, 0.1) is 17.2 Å². The van der Waals surface area contributed by atoms with Crippen LogP contribution in [0.4, 0.5) is 0 Å². The van der Waals surface area contributed by atoms with E-state index in [0.717, 1.165) is 15.8 Å². The average Bonchev–Trinajstić information content (AvgIpc) is 3.26. The number of halogens is 1. The molecule has 0 radical (unpaired) electrons.